The Hall–Kier alpha value is -4.89. The molecule has 5 aromatic carbocycles. The van der Waals surface area contributed by atoms with E-state index < -0.39 is 0 Å². The van der Waals surface area contributed by atoms with Crippen LogP contribution in [0.2, 0.25) is 0 Å². The molecule has 0 aliphatic carbocycles. The zero-order valence-electron chi connectivity index (χ0n) is 19.5. The molecule has 0 aliphatic rings. The molecule has 0 saturated carbocycles. The van der Waals surface area contributed by atoms with Crippen LogP contribution in [0, 0.1) is 0 Å². The van der Waals surface area contributed by atoms with Gasteiger partial charge in [-0.15, -0.1) is 0 Å². The highest BCUT2D eigenvalue weighted by Gasteiger charge is 2.16. The highest BCUT2D eigenvalue weighted by Crippen LogP contribution is 2.39. The lowest BCUT2D eigenvalue weighted by atomic mass is 10.0. The van der Waals surface area contributed by atoms with Crippen LogP contribution in [0.1, 0.15) is 0 Å². The molecule has 3 heteroatoms. The van der Waals surface area contributed by atoms with E-state index in [-0.39, 0.29) is 0 Å². The van der Waals surface area contributed by atoms with Crippen molar-refractivity contribution in [3.05, 3.63) is 134 Å². The molecule has 170 valence electrons. The predicted molar refractivity (Wildman–Crippen MR) is 149 cm³/mol. The van der Waals surface area contributed by atoms with Gasteiger partial charge in [0.05, 0.1) is 17.3 Å². The molecule has 2 heterocycles. The number of pyridine rings is 1. The molecule has 2 aromatic heterocycles. The van der Waals surface area contributed by atoms with Crippen LogP contribution in [-0.4, -0.2) is 4.98 Å². The molecule has 3 nitrogen and oxygen atoms in total. The van der Waals surface area contributed by atoms with Crippen molar-refractivity contribution in [2.75, 3.05) is 4.90 Å². The summed E-state index contributed by atoms with van der Waals surface area (Å²) in [6.45, 7) is 0. The average Bonchev–Trinajstić information content (AvgIpc) is 3.32. The number of benzene rings is 5. The zero-order chi connectivity index (χ0) is 23.9. The monoisotopic (exact) mass is 462 g/mol. The standard InChI is InChI=1S/C33H22N2O/c1-2-8-23(9-3-1)25-14-17-27(18-15-25)35(28-19-16-24-10-4-5-11-26(24)20-28)29-21-31-30-12-6-7-13-32(30)36-33(31)34-22-29/h1-22H. The number of furan rings is 1. The van der Waals surface area contributed by atoms with Crippen LogP contribution in [0.3, 0.4) is 0 Å². The van der Waals surface area contributed by atoms with Gasteiger partial charge < -0.3 is 9.32 Å². The Bertz CT molecular complexity index is 1840. The van der Waals surface area contributed by atoms with E-state index in [9.17, 15) is 0 Å². The number of rotatable bonds is 4. The van der Waals surface area contributed by atoms with Crippen molar-refractivity contribution in [3.8, 4) is 11.1 Å². The van der Waals surface area contributed by atoms with Gasteiger partial charge >= 0.3 is 0 Å². The molecule has 0 spiro atoms. The minimum atomic E-state index is 0.651. The number of fused-ring (bicyclic) bond motifs is 4. The fraction of sp³-hybridized carbons (Fsp3) is 0. The first-order valence-electron chi connectivity index (χ1n) is 12.1. The van der Waals surface area contributed by atoms with E-state index in [0.29, 0.717) is 5.71 Å². The predicted octanol–water partition coefficient (Wildman–Crippen LogP) is 9.27. The number of anilines is 3. The van der Waals surface area contributed by atoms with Gasteiger partial charge in [0.1, 0.15) is 5.58 Å². The number of para-hydroxylation sites is 1. The second-order valence-electron chi connectivity index (χ2n) is 8.92. The summed E-state index contributed by atoms with van der Waals surface area (Å²) < 4.78 is 5.99. The maximum Gasteiger partial charge on any atom is 0.227 e. The van der Waals surface area contributed by atoms with E-state index in [1.165, 1.54) is 21.9 Å². The van der Waals surface area contributed by atoms with Gasteiger partial charge in [0, 0.05) is 16.8 Å². The van der Waals surface area contributed by atoms with E-state index >= 15 is 0 Å². The van der Waals surface area contributed by atoms with Crippen molar-refractivity contribution in [1.29, 1.82) is 0 Å². The summed E-state index contributed by atoms with van der Waals surface area (Å²) in [6, 6.07) is 44.5. The quantitative estimate of drug-likeness (QED) is 0.261. The Morgan fingerprint density at radius 3 is 2.06 bits per heavy atom. The third-order valence-corrected chi connectivity index (χ3v) is 6.70. The van der Waals surface area contributed by atoms with E-state index in [1.807, 2.05) is 30.5 Å². The number of hydrogen-bond donors (Lipinski definition) is 0. The molecule has 0 saturated heterocycles. The Morgan fingerprint density at radius 1 is 0.500 bits per heavy atom. The second-order valence-corrected chi connectivity index (χ2v) is 8.92. The zero-order valence-corrected chi connectivity index (χ0v) is 19.5. The number of nitrogens with zero attached hydrogens (tertiary/aromatic N) is 2. The normalized spacial score (nSPS) is 11.3. The van der Waals surface area contributed by atoms with Gasteiger partial charge in [-0.2, -0.15) is 0 Å². The Morgan fingerprint density at radius 2 is 1.19 bits per heavy atom. The van der Waals surface area contributed by atoms with Crippen molar-refractivity contribution in [1.82, 2.24) is 4.98 Å². The Kier molecular flexibility index (Phi) is 4.78. The summed E-state index contributed by atoms with van der Waals surface area (Å²) in [7, 11) is 0. The maximum absolute atomic E-state index is 5.99. The van der Waals surface area contributed by atoms with Crippen LogP contribution in [0.4, 0.5) is 17.1 Å². The van der Waals surface area contributed by atoms with Crippen molar-refractivity contribution in [2.24, 2.45) is 0 Å². The fourth-order valence-corrected chi connectivity index (χ4v) is 4.92. The van der Waals surface area contributed by atoms with Gasteiger partial charge in [-0.3, -0.25) is 0 Å². The lowest BCUT2D eigenvalue weighted by molar-refractivity contribution is 0.654. The van der Waals surface area contributed by atoms with E-state index in [4.69, 9.17) is 9.40 Å². The molecule has 7 aromatic rings. The van der Waals surface area contributed by atoms with E-state index in [1.54, 1.807) is 0 Å². The minimum Gasteiger partial charge on any atom is -0.438 e. The molecular formula is C33H22N2O. The molecule has 0 unspecified atom stereocenters. The fourth-order valence-electron chi connectivity index (χ4n) is 4.92. The number of aromatic nitrogens is 1. The van der Waals surface area contributed by atoms with Crippen molar-refractivity contribution >= 4 is 49.9 Å². The first-order valence-corrected chi connectivity index (χ1v) is 12.1. The minimum absolute atomic E-state index is 0.651. The molecule has 0 N–H and O–H groups in total. The van der Waals surface area contributed by atoms with Crippen LogP contribution >= 0.6 is 0 Å². The van der Waals surface area contributed by atoms with Crippen LogP contribution < -0.4 is 4.90 Å². The van der Waals surface area contributed by atoms with E-state index in [0.717, 1.165) is 33.4 Å². The van der Waals surface area contributed by atoms with Gasteiger partial charge in [0.25, 0.3) is 0 Å². The van der Waals surface area contributed by atoms with Gasteiger partial charge in [-0.05, 0) is 58.3 Å². The molecule has 0 fully saturated rings. The molecule has 0 radical (unpaired) electrons. The summed E-state index contributed by atoms with van der Waals surface area (Å²) in [4.78, 5) is 6.97. The van der Waals surface area contributed by atoms with Crippen molar-refractivity contribution in [3.63, 3.8) is 0 Å². The number of hydrogen-bond acceptors (Lipinski definition) is 3. The van der Waals surface area contributed by atoms with Crippen LogP contribution in [0.5, 0.6) is 0 Å². The summed E-state index contributed by atoms with van der Waals surface area (Å²) >= 11 is 0. The third kappa shape index (κ3) is 3.50. The maximum atomic E-state index is 5.99. The molecule has 0 amide bonds. The largest absolute Gasteiger partial charge is 0.438 e. The van der Waals surface area contributed by atoms with Crippen molar-refractivity contribution < 1.29 is 4.42 Å². The van der Waals surface area contributed by atoms with E-state index in [2.05, 4.69) is 108 Å². The molecule has 36 heavy (non-hydrogen) atoms. The lowest BCUT2D eigenvalue weighted by Gasteiger charge is -2.25. The highest BCUT2D eigenvalue weighted by atomic mass is 16.3. The van der Waals surface area contributed by atoms with Gasteiger partial charge in [0.2, 0.25) is 5.71 Å². The molecule has 0 bridgehead atoms. The molecular weight excluding hydrogens is 440 g/mol. The molecule has 7 rings (SSSR count). The lowest BCUT2D eigenvalue weighted by Crippen LogP contribution is -2.10. The topological polar surface area (TPSA) is 29.3 Å². The SMILES string of the molecule is c1ccc(-c2ccc(N(c3ccc4ccccc4c3)c3cnc4oc5ccccc5c4c3)cc2)cc1. The first kappa shape index (κ1) is 20.5. The van der Waals surface area contributed by atoms with Gasteiger partial charge in [-0.25, -0.2) is 4.98 Å². The van der Waals surface area contributed by atoms with Gasteiger partial charge in [0.15, 0.2) is 0 Å². The highest BCUT2D eigenvalue weighted by molar-refractivity contribution is 6.05. The summed E-state index contributed by atoms with van der Waals surface area (Å²) in [6.07, 6.45) is 1.89. The third-order valence-electron chi connectivity index (χ3n) is 6.70. The first-order chi connectivity index (χ1) is 17.8. The van der Waals surface area contributed by atoms with Crippen molar-refractivity contribution in [2.45, 2.75) is 0 Å². The summed E-state index contributed by atoms with van der Waals surface area (Å²) in [5, 5.41) is 4.49. The molecule has 0 atom stereocenters. The van der Waals surface area contributed by atoms with Crippen LogP contribution in [0.15, 0.2) is 138 Å². The molecule has 0 aliphatic heterocycles. The Balaban J connectivity index is 1.41. The van der Waals surface area contributed by atoms with Crippen LogP contribution in [-0.2, 0) is 0 Å². The average molecular weight is 463 g/mol. The smallest absolute Gasteiger partial charge is 0.227 e. The second kappa shape index (κ2) is 8.40. The van der Waals surface area contributed by atoms with Gasteiger partial charge in [-0.1, -0.05) is 91.0 Å². The summed E-state index contributed by atoms with van der Waals surface area (Å²) in [5.74, 6) is 0. The Labute approximate surface area is 208 Å². The summed E-state index contributed by atoms with van der Waals surface area (Å²) in [5.41, 5.74) is 7.02. The van der Waals surface area contributed by atoms with Crippen LogP contribution in [0.25, 0.3) is 44.0 Å².